The van der Waals surface area contributed by atoms with Crippen molar-refractivity contribution in [2.45, 2.75) is 32.6 Å². The number of carbonyl (C=O) groups is 2. The van der Waals surface area contributed by atoms with Crippen LogP contribution in [0.1, 0.15) is 32.1 Å². The monoisotopic (exact) mass is 357 g/mol. The molecule has 0 radical (unpaired) electrons. The average molecular weight is 357 g/mol. The quantitative estimate of drug-likeness (QED) is 0.738. The number of ether oxygens (including phenoxy) is 1. The Hall–Kier alpha value is -2.70. The smallest absolute Gasteiger partial charge is 0.310 e. The Kier molecular flexibility index (Phi) is 5.99. The van der Waals surface area contributed by atoms with Gasteiger partial charge >= 0.3 is 5.97 Å². The van der Waals surface area contributed by atoms with E-state index in [1.165, 1.54) is 0 Å². The average Bonchev–Trinajstić information content (AvgIpc) is 3.16. The maximum Gasteiger partial charge on any atom is 0.310 e. The minimum Gasteiger partial charge on any atom is -0.466 e. The molecule has 2 aromatic rings. The maximum atomic E-state index is 12.5. The lowest BCUT2D eigenvalue weighted by Crippen LogP contribution is -2.42. The van der Waals surface area contributed by atoms with Crippen LogP contribution in [-0.2, 0) is 20.7 Å². The Balaban J connectivity index is 1.52. The molecule has 138 valence electrons. The number of carbonyl (C=O) groups excluding carboxylic acids is 2. The molecule has 1 aromatic carbocycles. The van der Waals surface area contributed by atoms with Crippen LogP contribution in [0.25, 0.3) is 11.5 Å². The highest BCUT2D eigenvalue weighted by molar-refractivity contribution is 5.78. The lowest BCUT2D eigenvalue weighted by molar-refractivity contribution is -0.151. The molecule has 0 spiro atoms. The first-order chi connectivity index (χ1) is 12.7. The van der Waals surface area contributed by atoms with E-state index in [2.05, 4.69) is 10.2 Å². The Morgan fingerprint density at radius 3 is 2.85 bits per heavy atom. The van der Waals surface area contributed by atoms with Gasteiger partial charge in [0.1, 0.15) is 0 Å². The molecule has 1 atom stereocenters. The largest absolute Gasteiger partial charge is 0.466 e. The van der Waals surface area contributed by atoms with Crippen molar-refractivity contribution in [2.24, 2.45) is 5.92 Å². The van der Waals surface area contributed by atoms with Crippen molar-refractivity contribution in [1.82, 2.24) is 15.1 Å². The zero-order valence-corrected chi connectivity index (χ0v) is 14.9. The first-order valence-corrected chi connectivity index (χ1v) is 8.99. The van der Waals surface area contributed by atoms with Crippen molar-refractivity contribution in [3.63, 3.8) is 0 Å². The first kappa shape index (κ1) is 18.1. The van der Waals surface area contributed by atoms with Crippen molar-refractivity contribution in [3.8, 4) is 11.5 Å². The molecule has 7 nitrogen and oxygen atoms in total. The van der Waals surface area contributed by atoms with Gasteiger partial charge < -0.3 is 14.1 Å². The Morgan fingerprint density at radius 1 is 1.27 bits per heavy atom. The van der Waals surface area contributed by atoms with E-state index in [0.29, 0.717) is 37.9 Å². The third-order valence-electron chi connectivity index (χ3n) is 4.43. The van der Waals surface area contributed by atoms with Crippen molar-refractivity contribution in [3.05, 3.63) is 36.2 Å². The summed E-state index contributed by atoms with van der Waals surface area (Å²) in [5.74, 6) is 0.457. The second-order valence-electron chi connectivity index (χ2n) is 6.30. The Bertz CT molecular complexity index is 744. The standard InChI is InChI=1S/C19H23N3O4/c1-2-25-19(24)15-9-6-12-22(13-15)17(23)11-10-16-20-21-18(26-16)14-7-4-3-5-8-14/h3-5,7-8,15H,2,6,9-13H2,1H3/t15-/m0/s1. The molecule has 0 saturated carbocycles. The maximum absolute atomic E-state index is 12.5. The predicted molar refractivity (Wildman–Crippen MR) is 94.0 cm³/mol. The van der Waals surface area contributed by atoms with Crippen molar-refractivity contribution < 1.29 is 18.7 Å². The summed E-state index contributed by atoms with van der Waals surface area (Å²) >= 11 is 0. The molecule has 1 fully saturated rings. The molecule has 7 heteroatoms. The van der Waals surface area contributed by atoms with Gasteiger partial charge in [0.05, 0.1) is 12.5 Å². The van der Waals surface area contributed by atoms with Gasteiger partial charge in [-0.2, -0.15) is 0 Å². The van der Waals surface area contributed by atoms with Gasteiger partial charge in [-0.1, -0.05) is 18.2 Å². The summed E-state index contributed by atoms with van der Waals surface area (Å²) in [6.45, 7) is 3.26. The second-order valence-corrected chi connectivity index (χ2v) is 6.30. The zero-order valence-electron chi connectivity index (χ0n) is 14.9. The molecular formula is C19H23N3O4. The molecule has 1 aliphatic heterocycles. The SMILES string of the molecule is CCOC(=O)[C@H]1CCCN(C(=O)CCc2nnc(-c3ccccc3)o2)C1. The number of hydrogen-bond acceptors (Lipinski definition) is 6. The van der Waals surface area contributed by atoms with E-state index < -0.39 is 0 Å². The number of likely N-dealkylation sites (tertiary alicyclic amines) is 1. The number of amides is 1. The van der Waals surface area contributed by atoms with Crippen LogP contribution < -0.4 is 0 Å². The normalized spacial score (nSPS) is 17.1. The molecule has 2 heterocycles. The highest BCUT2D eigenvalue weighted by Crippen LogP contribution is 2.20. The molecule has 0 N–H and O–H groups in total. The molecule has 1 saturated heterocycles. The van der Waals surface area contributed by atoms with Crippen molar-refractivity contribution >= 4 is 11.9 Å². The van der Waals surface area contributed by atoms with E-state index in [9.17, 15) is 9.59 Å². The van der Waals surface area contributed by atoms with Crippen LogP contribution in [-0.4, -0.2) is 46.7 Å². The van der Waals surface area contributed by atoms with Crippen LogP contribution >= 0.6 is 0 Å². The van der Waals surface area contributed by atoms with Crippen LogP contribution in [0, 0.1) is 5.92 Å². The fourth-order valence-corrected chi connectivity index (χ4v) is 3.08. The summed E-state index contributed by atoms with van der Waals surface area (Å²) in [7, 11) is 0. The van der Waals surface area contributed by atoms with Crippen molar-refractivity contribution in [2.75, 3.05) is 19.7 Å². The summed E-state index contributed by atoms with van der Waals surface area (Å²) in [6.07, 6.45) is 2.26. The molecule has 0 aliphatic carbocycles. The Morgan fingerprint density at radius 2 is 2.08 bits per heavy atom. The van der Waals surface area contributed by atoms with Gasteiger partial charge in [0.25, 0.3) is 0 Å². The molecule has 26 heavy (non-hydrogen) atoms. The number of nitrogens with zero attached hydrogens (tertiary/aromatic N) is 3. The molecular weight excluding hydrogens is 334 g/mol. The first-order valence-electron chi connectivity index (χ1n) is 8.99. The lowest BCUT2D eigenvalue weighted by Gasteiger charge is -2.31. The molecule has 1 aromatic heterocycles. The highest BCUT2D eigenvalue weighted by Gasteiger charge is 2.29. The number of aromatic nitrogens is 2. The van der Waals surface area contributed by atoms with E-state index in [1.54, 1.807) is 11.8 Å². The summed E-state index contributed by atoms with van der Waals surface area (Å²) in [5, 5.41) is 8.05. The van der Waals surface area contributed by atoms with Gasteiger partial charge in [0.15, 0.2) is 0 Å². The van der Waals surface area contributed by atoms with Crippen LogP contribution in [0.4, 0.5) is 0 Å². The minimum absolute atomic E-state index is 0.00143. The number of hydrogen-bond donors (Lipinski definition) is 0. The summed E-state index contributed by atoms with van der Waals surface area (Å²) in [5.41, 5.74) is 0.853. The fraction of sp³-hybridized carbons (Fsp3) is 0.474. The summed E-state index contributed by atoms with van der Waals surface area (Å²) in [6, 6.07) is 9.51. The van der Waals surface area contributed by atoms with Gasteiger partial charge in [0.2, 0.25) is 17.7 Å². The van der Waals surface area contributed by atoms with Gasteiger partial charge in [-0.3, -0.25) is 9.59 Å². The topological polar surface area (TPSA) is 85.5 Å². The molecule has 0 bridgehead atoms. The van der Waals surface area contributed by atoms with Gasteiger partial charge in [-0.05, 0) is 31.9 Å². The number of piperidine rings is 1. The van der Waals surface area contributed by atoms with E-state index in [4.69, 9.17) is 9.15 Å². The van der Waals surface area contributed by atoms with Crippen LogP contribution in [0.3, 0.4) is 0 Å². The van der Waals surface area contributed by atoms with E-state index in [0.717, 1.165) is 18.4 Å². The summed E-state index contributed by atoms with van der Waals surface area (Å²) in [4.78, 5) is 26.1. The van der Waals surface area contributed by atoms with Crippen LogP contribution in [0.2, 0.25) is 0 Å². The fourth-order valence-electron chi connectivity index (χ4n) is 3.08. The predicted octanol–water partition coefficient (Wildman–Crippen LogP) is 2.47. The number of benzene rings is 1. The van der Waals surface area contributed by atoms with Gasteiger partial charge in [-0.25, -0.2) is 0 Å². The van der Waals surface area contributed by atoms with Crippen LogP contribution in [0.15, 0.2) is 34.7 Å². The second kappa shape index (κ2) is 8.60. The molecule has 0 unspecified atom stereocenters. The van der Waals surface area contributed by atoms with E-state index >= 15 is 0 Å². The number of esters is 1. The summed E-state index contributed by atoms with van der Waals surface area (Å²) < 4.78 is 10.7. The third kappa shape index (κ3) is 4.47. The number of rotatable bonds is 6. The highest BCUT2D eigenvalue weighted by atomic mass is 16.5. The van der Waals surface area contributed by atoms with E-state index in [1.807, 2.05) is 30.3 Å². The third-order valence-corrected chi connectivity index (χ3v) is 4.43. The minimum atomic E-state index is -0.222. The Labute approximate surface area is 152 Å². The molecule has 1 amide bonds. The molecule has 3 rings (SSSR count). The van der Waals surface area contributed by atoms with Gasteiger partial charge in [0, 0.05) is 31.5 Å². The van der Waals surface area contributed by atoms with E-state index in [-0.39, 0.29) is 24.2 Å². The lowest BCUT2D eigenvalue weighted by atomic mass is 9.98. The van der Waals surface area contributed by atoms with Crippen molar-refractivity contribution in [1.29, 1.82) is 0 Å². The van der Waals surface area contributed by atoms with Gasteiger partial charge in [-0.15, -0.1) is 10.2 Å². The number of aryl methyl sites for hydroxylation is 1. The van der Waals surface area contributed by atoms with Crippen LogP contribution in [0.5, 0.6) is 0 Å². The molecule has 1 aliphatic rings. The zero-order chi connectivity index (χ0) is 18.4.